The van der Waals surface area contributed by atoms with Crippen molar-refractivity contribution in [2.24, 2.45) is 0 Å². The highest BCUT2D eigenvalue weighted by Crippen LogP contribution is 2.35. The minimum absolute atomic E-state index is 0.159. The molecule has 0 aliphatic carbocycles. The van der Waals surface area contributed by atoms with Gasteiger partial charge in [-0.25, -0.2) is 4.98 Å². The van der Waals surface area contributed by atoms with Crippen LogP contribution in [0.5, 0.6) is 11.5 Å². The normalized spacial score (nSPS) is 15.1. The van der Waals surface area contributed by atoms with Gasteiger partial charge in [-0.3, -0.25) is 14.3 Å². The third kappa shape index (κ3) is 6.13. The first-order valence-corrected chi connectivity index (χ1v) is 14.9. The summed E-state index contributed by atoms with van der Waals surface area (Å²) in [4.78, 5) is 21.6. The van der Waals surface area contributed by atoms with Gasteiger partial charge in [0.25, 0.3) is 5.91 Å². The summed E-state index contributed by atoms with van der Waals surface area (Å²) in [6, 6.07) is 14.1. The van der Waals surface area contributed by atoms with E-state index in [2.05, 4.69) is 20.1 Å². The molecule has 1 fully saturated rings. The first-order valence-electron chi connectivity index (χ1n) is 14.0. The minimum Gasteiger partial charge on any atom is -0.461 e. The van der Waals surface area contributed by atoms with Gasteiger partial charge in [0.1, 0.15) is 6.26 Å². The summed E-state index contributed by atoms with van der Waals surface area (Å²) in [7, 11) is 0. The molecule has 2 aromatic carbocycles. The maximum atomic E-state index is 13.5. The monoisotopic (exact) mass is 638 g/mol. The van der Waals surface area contributed by atoms with Crippen molar-refractivity contribution in [1.82, 2.24) is 29.5 Å². The molecule has 0 N–H and O–H groups in total. The molecule has 0 saturated carbocycles. The van der Waals surface area contributed by atoms with E-state index in [9.17, 15) is 18.0 Å². The number of nitrogens with zero attached hydrogens (tertiary/aromatic N) is 6. The van der Waals surface area contributed by atoms with Gasteiger partial charge in [0.05, 0.1) is 23.3 Å². The van der Waals surface area contributed by atoms with E-state index in [1.807, 2.05) is 18.2 Å². The van der Waals surface area contributed by atoms with Gasteiger partial charge in [-0.2, -0.15) is 13.2 Å². The van der Waals surface area contributed by atoms with Crippen LogP contribution in [-0.4, -0.2) is 68.4 Å². The van der Waals surface area contributed by atoms with Gasteiger partial charge in [0.15, 0.2) is 28.1 Å². The summed E-state index contributed by atoms with van der Waals surface area (Å²) in [5.74, 6) is 2.26. The molecule has 5 aromatic rings. The number of fused-ring (bicyclic) bond motifs is 1. The van der Waals surface area contributed by atoms with Crippen molar-refractivity contribution >= 4 is 17.7 Å². The third-order valence-corrected chi connectivity index (χ3v) is 8.32. The Morgan fingerprint density at radius 2 is 1.78 bits per heavy atom. The number of hydrogen-bond acceptors (Lipinski definition) is 10. The van der Waals surface area contributed by atoms with Gasteiger partial charge in [-0.1, -0.05) is 23.9 Å². The lowest BCUT2D eigenvalue weighted by Gasteiger charge is -2.34. The number of amides is 1. The predicted octanol–water partition coefficient (Wildman–Crippen LogP) is 5.51. The maximum Gasteiger partial charge on any atom is 0.416 e. The molecule has 0 bridgehead atoms. The fourth-order valence-corrected chi connectivity index (χ4v) is 5.96. The van der Waals surface area contributed by atoms with Gasteiger partial charge < -0.3 is 23.2 Å². The molecule has 11 nitrogen and oxygen atoms in total. The number of rotatable bonds is 8. The Balaban J connectivity index is 1.00. The number of aromatic nitrogens is 4. The zero-order chi connectivity index (χ0) is 31.0. The molecular weight excluding hydrogens is 613 g/mol. The molecule has 1 amide bonds. The number of carbonyl (C=O) groups is 1. The van der Waals surface area contributed by atoms with Gasteiger partial charge >= 0.3 is 6.18 Å². The Labute approximate surface area is 258 Å². The van der Waals surface area contributed by atoms with E-state index in [4.69, 9.17) is 18.3 Å². The lowest BCUT2D eigenvalue weighted by Crippen LogP contribution is -2.48. The van der Waals surface area contributed by atoms with Crippen molar-refractivity contribution in [3.63, 3.8) is 0 Å². The maximum absolute atomic E-state index is 13.5. The number of oxazole rings is 1. The Kier molecular flexibility index (Phi) is 7.71. The summed E-state index contributed by atoms with van der Waals surface area (Å²) in [6.45, 7) is 3.44. The van der Waals surface area contributed by atoms with Crippen molar-refractivity contribution in [3.8, 4) is 28.8 Å². The van der Waals surface area contributed by atoms with Crippen molar-refractivity contribution < 1.29 is 36.3 Å². The van der Waals surface area contributed by atoms with E-state index in [1.165, 1.54) is 29.2 Å². The summed E-state index contributed by atoms with van der Waals surface area (Å²) in [6.07, 6.45) is -1.76. The quantitative estimate of drug-likeness (QED) is 0.202. The van der Waals surface area contributed by atoms with Crippen LogP contribution in [0.3, 0.4) is 0 Å². The highest BCUT2D eigenvalue weighted by atomic mass is 32.2. The fraction of sp³-hybridized carbons (Fsp3) is 0.267. The SMILES string of the molecule is O=C(c1coc(CSc2nnc(-c3ccco3)n2-c2cccc(C(F)(F)F)c2)n1)N1CCN(Cc2ccc3c(c2)OCO3)CC1. The van der Waals surface area contributed by atoms with Crippen LogP contribution in [0.1, 0.15) is 27.5 Å². The lowest BCUT2D eigenvalue weighted by atomic mass is 10.1. The summed E-state index contributed by atoms with van der Waals surface area (Å²) >= 11 is 1.16. The smallest absolute Gasteiger partial charge is 0.416 e. The molecule has 2 aliphatic heterocycles. The molecule has 2 aliphatic rings. The van der Waals surface area contributed by atoms with Crippen molar-refractivity contribution in [2.45, 2.75) is 23.6 Å². The van der Waals surface area contributed by atoms with Crippen molar-refractivity contribution in [3.05, 3.63) is 89.8 Å². The molecule has 0 spiro atoms. The summed E-state index contributed by atoms with van der Waals surface area (Å²) in [5.41, 5.74) is 0.701. The van der Waals surface area contributed by atoms with Crippen LogP contribution >= 0.6 is 11.8 Å². The predicted molar refractivity (Wildman–Crippen MR) is 154 cm³/mol. The molecule has 0 atom stereocenters. The number of thioether (sulfide) groups is 1. The topological polar surface area (TPSA) is 112 Å². The van der Waals surface area contributed by atoms with Crippen LogP contribution in [-0.2, 0) is 18.5 Å². The number of ether oxygens (including phenoxy) is 2. The van der Waals surface area contributed by atoms with Crippen LogP contribution in [0.25, 0.3) is 17.3 Å². The molecule has 7 rings (SSSR count). The molecule has 45 heavy (non-hydrogen) atoms. The van der Waals surface area contributed by atoms with E-state index < -0.39 is 11.7 Å². The number of furan rings is 1. The van der Waals surface area contributed by atoms with Crippen LogP contribution in [0.15, 0.2) is 81.1 Å². The highest BCUT2D eigenvalue weighted by Gasteiger charge is 2.31. The van der Waals surface area contributed by atoms with Gasteiger partial charge in [-0.05, 0) is 48.0 Å². The largest absolute Gasteiger partial charge is 0.461 e. The second-order valence-corrected chi connectivity index (χ2v) is 11.3. The standard InChI is InChI=1S/C30H25F3N6O5S/c31-30(32,33)20-3-1-4-21(14-20)39-27(24-5-2-12-41-24)35-36-29(39)45-17-26-34-22(16-42-26)28(40)38-10-8-37(9-11-38)15-19-6-7-23-25(13-19)44-18-43-23/h1-7,12-14,16H,8-11,15,17-18H2. The molecule has 1 saturated heterocycles. The van der Waals surface area contributed by atoms with Gasteiger partial charge in [0, 0.05) is 32.7 Å². The zero-order valence-corrected chi connectivity index (χ0v) is 24.4. The molecule has 5 heterocycles. The number of alkyl halides is 3. The molecule has 232 valence electrons. The lowest BCUT2D eigenvalue weighted by molar-refractivity contribution is -0.137. The molecular formula is C30H25F3N6O5S. The number of carbonyl (C=O) groups excluding carboxylic acids is 1. The average molecular weight is 639 g/mol. The van der Waals surface area contributed by atoms with Crippen LogP contribution in [0.2, 0.25) is 0 Å². The summed E-state index contributed by atoms with van der Waals surface area (Å²) in [5, 5.41) is 8.66. The number of hydrogen-bond donors (Lipinski definition) is 0. The van der Waals surface area contributed by atoms with E-state index >= 15 is 0 Å². The Bertz CT molecular complexity index is 1810. The number of piperazine rings is 1. The van der Waals surface area contributed by atoms with E-state index in [1.54, 1.807) is 17.0 Å². The van der Waals surface area contributed by atoms with Gasteiger partial charge in [-0.15, -0.1) is 10.2 Å². The second kappa shape index (κ2) is 12.0. The zero-order valence-electron chi connectivity index (χ0n) is 23.6. The van der Waals surface area contributed by atoms with E-state index in [-0.39, 0.29) is 41.5 Å². The number of benzene rings is 2. The summed E-state index contributed by atoms with van der Waals surface area (Å²) < 4.78 is 63.8. The van der Waals surface area contributed by atoms with Crippen molar-refractivity contribution in [2.75, 3.05) is 33.0 Å². The number of halogens is 3. The second-order valence-electron chi connectivity index (χ2n) is 10.3. The minimum atomic E-state index is -4.52. The third-order valence-electron chi connectivity index (χ3n) is 7.40. The molecule has 0 radical (unpaired) electrons. The van der Waals surface area contributed by atoms with Crippen molar-refractivity contribution in [1.29, 1.82) is 0 Å². The van der Waals surface area contributed by atoms with Gasteiger partial charge in [0.2, 0.25) is 18.5 Å². The first kappa shape index (κ1) is 29.0. The van der Waals surface area contributed by atoms with E-state index in [0.29, 0.717) is 37.1 Å². The molecule has 0 unspecified atom stereocenters. The molecule has 15 heteroatoms. The van der Waals surface area contributed by atoms with Crippen LogP contribution < -0.4 is 9.47 Å². The van der Waals surface area contributed by atoms with Crippen LogP contribution in [0, 0.1) is 0 Å². The van der Waals surface area contributed by atoms with E-state index in [0.717, 1.165) is 47.5 Å². The highest BCUT2D eigenvalue weighted by molar-refractivity contribution is 7.98. The average Bonchev–Trinajstić information content (AvgIpc) is 3.86. The molecule has 3 aromatic heterocycles. The van der Waals surface area contributed by atoms with Crippen LogP contribution in [0.4, 0.5) is 13.2 Å². The Morgan fingerprint density at radius 3 is 2.58 bits per heavy atom. The Morgan fingerprint density at radius 1 is 0.933 bits per heavy atom. The Hall–Kier alpha value is -4.76. The first-order chi connectivity index (χ1) is 21.8. The fourth-order valence-electron chi connectivity index (χ4n) is 5.15.